The van der Waals surface area contributed by atoms with Crippen molar-refractivity contribution >= 4 is 11.7 Å². The van der Waals surface area contributed by atoms with Gasteiger partial charge in [-0.2, -0.15) is 0 Å². The molecule has 1 rings (SSSR count). The van der Waals surface area contributed by atoms with E-state index in [1.165, 1.54) is 17.3 Å². The summed E-state index contributed by atoms with van der Waals surface area (Å²) in [4.78, 5) is 21.7. The van der Waals surface area contributed by atoms with Crippen molar-refractivity contribution in [2.24, 2.45) is 10.9 Å². The highest BCUT2D eigenvalue weighted by Gasteiger charge is 2.21. The predicted octanol–water partition coefficient (Wildman–Crippen LogP) is 0.382. The van der Waals surface area contributed by atoms with Crippen LogP contribution in [0, 0.1) is 6.92 Å². The third-order valence-corrected chi connectivity index (χ3v) is 2.35. The van der Waals surface area contributed by atoms with Crippen molar-refractivity contribution in [1.29, 1.82) is 0 Å². The molecule has 0 saturated carbocycles. The van der Waals surface area contributed by atoms with Crippen molar-refractivity contribution in [3.05, 3.63) is 23.8 Å². The standard InChI is InChI=1S/C11H17N5O2/c1-7(2)16(6-10(12)15-18)11(17)9-5-13-8(3)4-14-9/h4-5,7,18H,6H2,1-3H3,(H2,12,15). The number of nitrogens with zero attached hydrogens (tertiary/aromatic N) is 4. The van der Waals surface area contributed by atoms with Crippen LogP contribution in [0.2, 0.25) is 0 Å². The summed E-state index contributed by atoms with van der Waals surface area (Å²) in [7, 11) is 0. The number of nitrogens with two attached hydrogens (primary N) is 1. The second kappa shape index (κ2) is 5.95. The maximum Gasteiger partial charge on any atom is 0.274 e. The van der Waals surface area contributed by atoms with Gasteiger partial charge in [0, 0.05) is 12.2 Å². The first-order valence-corrected chi connectivity index (χ1v) is 5.51. The van der Waals surface area contributed by atoms with Crippen LogP contribution in [0.5, 0.6) is 0 Å². The summed E-state index contributed by atoms with van der Waals surface area (Å²) in [5.41, 5.74) is 6.39. The highest BCUT2D eigenvalue weighted by atomic mass is 16.4. The molecule has 0 aliphatic heterocycles. The Kier molecular flexibility index (Phi) is 4.59. The van der Waals surface area contributed by atoms with Gasteiger partial charge < -0.3 is 15.8 Å². The fraction of sp³-hybridized carbons (Fsp3) is 0.455. The Balaban J connectivity index is 2.92. The maximum absolute atomic E-state index is 12.2. The van der Waals surface area contributed by atoms with Gasteiger partial charge in [0.1, 0.15) is 5.69 Å². The van der Waals surface area contributed by atoms with E-state index in [1.54, 1.807) is 6.92 Å². The van der Waals surface area contributed by atoms with Crippen molar-refractivity contribution in [3.63, 3.8) is 0 Å². The normalized spacial score (nSPS) is 11.7. The van der Waals surface area contributed by atoms with Gasteiger partial charge in [0.25, 0.3) is 5.91 Å². The summed E-state index contributed by atoms with van der Waals surface area (Å²) < 4.78 is 0. The van der Waals surface area contributed by atoms with Crippen LogP contribution >= 0.6 is 0 Å². The molecule has 0 atom stereocenters. The molecule has 1 amide bonds. The minimum Gasteiger partial charge on any atom is -0.409 e. The Bertz CT molecular complexity index is 441. The van der Waals surface area contributed by atoms with Crippen LogP contribution in [-0.4, -0.2) is 44.4 Å². The van der Waals surface area contributed by atoms with Gasteiger partial charge in [-0.3, -0.25) is 9.78 Å². The zero-order valence-corrected chi connectivity index (χ0v) is 10.7. The van der Waals surface area contributed by atoms with Gasteiger partial charge in [-0.1, -0.05) is 5.16 Å². The molecule has 1 aromatic heterocycles. The molecule has 0 fully saturated rings. The molecule has 7 nitrogen and oxygen atoms in total. The molecule has 0 unspecified atom stereocenters. The number of oxime groups is 1. The molecule has 1 heterocycles. The highest BCUT2D eigenvalue weighted by molar-refractivity contribution is 5.95. The van der Waals surface area contributed by atoms with E-state index >= 15 is 0 Å². The van der Waals surface area contributed by atoms with Crippen LogP contribution in [0.1, 0.15) is 30.0 Å². The lowest BCUT2D eigenvalue weighted by Crippen LogP contribution is -2.43. The lowest BCUT2D eigenvalue weighted by molar-refractivity contribution is 0.0727. The van der Waals surface area contributed by atoms with Gasteiger partial charge in [-0.25, -0.2) is 4.98 Å². The van der Waals surface area contributed by atoms with Gasteiger partial charge in [-0.05, 0) is 20.8 Å². The van der Waals surface area contributed by atoms with Crippen LogP contribution in [-0.2, 0) is 0 Å². The molecule has 7 heteroatoms. The average molecular weight is 251 g/mol. The van der Waals surface area contributed by atoms with E-state index in [9.17, 15) is 4.79 Å². The number of aromatic nitrogens is 2. The lowest BCUT2D eigenvalue weighted by atomic mass is 10.2. The molecule has 0 bridgehead atoms. The van der Waals surface area contributed by atoms with Gasteiger partial charge in [0.15, 0.2) is 5.84 Å². The molecule has 0 radical (unpaired) electrons. The molecule has 98 valence electrons. The Morgan fingerprint density at radius 3 is 2.61 bits per heavy atom. The van der Waals surface area contributed by atoms with Crippen LogP contribution < -0.4 is 5.73 Å². The van der Waals surface area contributed by atoms with Crippen molar-refractivity contribution in [2.75, 3.05) is 6.54 Å². The fourth-order valence-corrected chi connectivity index (χ4v) is 1.35. The Morgan fingerprint density at radius 1 is 1.50 bits per heavy atom. The van der Waals surface area contributed by atoms with Crippen LogP contribution in [0.25, 0.3) is 0 Å². The van der Waals surface area contributed by atoms with E-state index in [4.69, 9.17) is 10.9 Å². The number of rotatable bonds is 4. The molecule has 1 aromatic rings. The first kappa shape index (κ1) is 13.9. The summed E-state index contributed by atoms with van der Waals surface area (Å²) in [6.45, 7) is 5.51. The van der Waals surface area contributed by atoms with Crippen LogP contribution in [0.3, 0.4) is 0 Å². The largest absolute Gasteiger partial charge is 0.409 e. The van der Waals surface area contributed by atoms with Crippen molar-refractivity contribution in [1.82, 2.24) is 14.9 Å². The third kappa shape index (κ3) is 3.41. The third-order valence-electron chi connectivity index (χ3n) is 2.35. The molecule has 0 aromatic carbocycles. The number of carbonyl (C=O) groups excluding carboxylic acids is 1. The zero-order valence-electron chi connectivity index (χ0n) is 10.7. The lowest BCUT2D eigenvalue weighted by Gasteiger charge is -2.25. The summed E-state index contributed by atoms with van der Waals surface area (Å²) in [5.74, 6) is -0.332. The van der Waals surface area contributed by atoms with Crippen molar-refractivity contribution < 1.29 is 10.0 Å². The number of hydrogen-bond donors (Lipinski definition) is 2. The molecule has 0 aliphatic rings. The average Bonchev–Trinajstić information content (AvgIpc) is 2.35. The van der Waals surface area contributed by atoms with E-state index in [2.05, 4.69) is 15.1 Å². The maximum atomic E-state index is 12.2. The van der Waals surface area contributed by atoms with Gasteiger partial charge in [0.2, 0.25) is 0 Å². The summed E-state index contributed by atoms with van der Waals surface area (Å²) in [6.07, 6.45) is 2.94. The first-order valence-electron chi connectivity index (χ1n) is 5.51. The number of aryl methyl sites for hydroxylation is 1. The molecule has 0 saturated heterocycles. The quantitative estimate of drug-likeness (QED) is 0.348. The molecular formula is C11H17N5O2. The molecule has 3 N–H and O–H groups in total. The van der Waals surface area contributed by atoms with E-state index in [0.29, 0.717) is 0 Å². The number of amides is 1. The first-order chi connectivity index (χ1) is 8.45. The zero-order chi connectivity index (χ0) is 13.7. The SMILES string of the molecule is Cc1cnc(C(=O)N(CC(N)=NO)C(C)C)cn1. The monoisotopic (exact) mass is 251 g/mol. The minimum absolute atomic E-state index is 0.0304. The van der Waals surface area contributed by atoms with Crippen LogP contribution in [0.15, 0.2) is 17.5 Å². The van der Waals surface area contributed by atoms with E-state index < -0.39 is 0 Å². The highest BCUT2D eigenvalue weighted by Crippen LogP contribution is 2.05. The molecule has 0 spiro atoms. The minimum atomic E-state index is -0.302. The second-order valence-corrected chi connectivity index (χ2v) is 4.16. The summed E-state index contributed by atoms with van der Waals surface area (Å²) in [5, 5.41) is 11.4. The Hall–Kier alpha value is -2.18. The van der Waals surface area contributed by atoms with Gasteiger partial charge in [-0.15, -0.1) is 0 Å². The number of carbonyl (C=O) groups is 1. The smallest absolute Gasteiger partial charge is 0.274 e. The summed E-state index contributed by atoms with van der Waals surface area (Å²) >= 11 is 0. The van der Waals surface area contributed by atoms with E-state index in [1.807, 2.05) is 13.8 Å². The van der Waals surface area contributed by atoms with Gasteiger partial charge in [0.05, 0.1) is 18.4 Å². The Morgan fingerprint density at radius 2 is 2.17 bits per heavy atom. The van der Waals surface area contributed by atoms with Crippen molar-refractivity contribution in [3.8, 4) is 0 Å². The summed E-state index contributed by atoms with van der Waals surface area (Å²) in [6, 6.07) is -0.0964. The fourth-order valence-electron chi connectivity index (χ4n) is 1.35. The number of hydrogen-bond acceptors (Lipinski definition) is 5. The topological polar surface area (TPSA) is 105 Å². The molecular weight excluding hydrogens is 234 g/mol. The molecule has 0 aliphatic carbocycles. The molecule has 18 heavy (non-hydrogen) atoms. The number of amidine groups is 1. The second-order valence-electron chi connectivity index (χ2n) is 4.16. The van der Waals surface area contributed by atoms with Crippen LogP contribution in [0.4, 0.5) is 0 Å². The van der Waals surface area contributed by atoms with Crippen molar-refractivity contribution in [2.45, 2.75) is 26.8 Å². The van der Waals surface area contributed by atoms with E-state index in [0.717, 1.165) is 5.69 Å². The van der Waals surface area contributed by atoms with E-state index in [-0.39, 0.29) is 30.0 Å². The van der Waals surface area contributed by atoms with Gasteiger partial charge >= 0.3 is 0 Å². The predicted molar refractivity (Wildman–Crippen MR) is 66.4 cm³/mol. The Labute approximate surface area is 105 Å².